The number of hydrogen-bond acceptors (Lipinski definition) is 3. The maximum absolute atomic E-state index is 12.0. The topological polar surface area (TPSA) is 87.7 Å². The predicted molar refractivity (Wildman–Crippen MR) is 81.6 cm³/mol. The fourth-order valence-corrected chi connectivity index (χ4v) is 2.55. The molecule has 1 saturated heterocycles. The molecular weight excluding hydrogens is 284 g/mol. The highest BCUT2D eigenvalue weighted by molar-refractivity contribution is 5.74. The van der Waals surface area contributed by atoms with Crippen molar-refractivity contribution < 1.29 is 19.4 Å². The maximum Gasteiger partial charge on any atom is 0.315 e. The molecule has 22 heavy (non-hydrogen) atoms. The summed E-state index contributed by atoms with van der Waals surface area (Å²) in [5.41, 5.74) is 1.01. The second kappa shape index (κ2) is 8.38. The molecule has 120 valence electrons. The lowest BCUT2D eigenvalue weighted by Crippen LogP contribution is -2.42. The lowest BCUT2D eigenvalue weighted by molar-refractivity contribution is -0.137. The van der Waals surface area contributed by atoms with E-state index in [1.807, 2.05) is 30.3 Å². The van der Waals surface area contributed by atoms with E-state index in [0.29, 0.717) is 13.0 Å². The van der Waals surface area contributed by atoms with Crippen LogP contribution in [0.1, 0.15) is 37.3 Å². The van der Waals surface area contributed by atoms with Gasteiger partial charge in [0.05, 0.1) is 12.1 Å². The third-order valence-corrected chi connectivity index (χ3v) is 3.63. The quantitative estimate of drug-likeness (QED) is 0.673. The Kier molecular flexibility index (Phi) is 6.21. The summed E-state index contributed by atoms with van der Waals surface area (Å²) in [6.07, 6.45) is 2.36. The van der Waals surface area contributed by atoms with E-state index in [0.717, 1.165) is 25.0 Å². The van der Waals surface area contributed by atoms with Crippen LogP contribution in [0.25, 0.3) is 0 Å². The fraction of sp³-hybridized carbons (Fsp3) is 0.500. The number of carboxylic acids is 1. The first-order valence-corrected chi connectivity index (χ1v) is 7.59. The van der Waals surface area contributed by atoms with Gasteiger partial charge in [-0.25, -0.2) is 4.79 Å². The molecule has 2 unspecified atom stereocenters. The van der Waals surface area contributed by atoms with Crippen LogP contribution in [0.15, 0.2) is 30.3 Å². The largest absolute Gasteiger partial charge is 0.481 e. The number of urea groups is 1. The van der Waals surface area contributed by atoms with Gasteiger partial charge in [0.15, 0.2) is 0 Å². The number of aliphatic carboxylic acids is 1. The molecule has 0 aromatic heterocycles. The van der Waals surface area contributed by atoms with Gasteiger partial charge < -0.3 is 20.5 Å². The lowest BCUT2D eigenvalue weighted by atomic mass is 9.99. The van der Waals surface area contributed by atoms with Crippen molar-refractivity contribution in [1.82, 2.24) is 10.6 Å². The summed E-state index contributed by atoms with van der Waals surface area (Å²) in [6.45, 7) is 1.06. The second-order valence-corrected chi connectivity index (χ2v) is 5.34. The van der Waals surface area contributed by atoms with Crippen LogP contribution < -0.4 is 10.6 Å². The number of benzene rings is 1. The Morgan fingerprint density at radius 3 is 2.73 bits per heavy atom. The summed E-state index contributed by atoms with van der Waals surface area (Å²) in [6, 6.07) is 9.25. The van der Waals surface area contributed by atoms with Crippen molar-refractivity contribution in [2.45, 2.75) is 37.8 Å². The Bertz CT molecular complexity index is 486. The number of ether oxygens (including phenoxy) is 1. The van der Waals surface area contributed by atoms with Crippen molar-refractivity contribution in [1.29, 1.82) is 0 Å². The number of amides is 2. The Balaban J connectivity index is 1.89. The molecule has 6 heteroatoms. The number of carbonyl (C=O) groups excluding carboxylic acids is 1. The lowest BCUT2D eigenvalue weighted by Gasteiger charge is -2.24. The third-order valence-electron chi connectivity index (χ3n) is 3.63. The molecule has 1 aliphatic heterocycles. The van der Waals surface area contributed by atoms with Crippen LogP contribution in [-0.2, 0) is 9.53 Å². The number of rotatable bonds is 7. The van der Waals surface area contributed by atoms with Crippen LogP contribution >= 0.6 is 0 Å². The van der Waals surface area contributed by atoms with Gasteiger partial charge in [-0.3, -0.25) is 4.79 Å². The van der Waals surface area contributed by atoms with E-state index in [4.69, 9.17) is 9.84 Å². The van der Waals surface area contributed by atoms with Crippen molar-refractivity contribution in [3.8, 4) is 0 Å². The van der Waals surface area contributed by atoms with Crippen LogP contribution in [0.5, 0.6) is 0 Å². The molecule has 1 heterocycles. The molecule has 0 radical (unpaired) electrons. The fourth-order valence-electron chi connectivity index (χ4n) is 2.55. The predicted octanol–water partition coefficient (Wildman–Crippen LogP) is 2.07. The van der Waals surface area contributed by atoms with Crippen LogP contribution in [0.2, 0.25) is 0 Å². The second-order valence-electron chi connectivity index (χ2n) is 5.34. The van der Waals surface area contributed by atoms with E-state index in [2.05, 4.69) is 10.6 Å². The Hall–Kier alpha value is -2.08. The molecule has 1 aliphatic rings. The highest BCUT2D eigenvalue weighted by Crippen LogP contribution is 2.26. The van der Waals surface area contributed by atoms with E-state index < -0.39 is 5.97 Å². The molecule has 2 atom stereocenters. The van der Waals surface area contributed by atoms with Crippen LogP contribution in [0.3, 0.4) is 0 Å². The normalized spacial score (nSPS) is 18.6. The van der Waals surface area contributed by atoms with Crippen LogP contribution in [0, 0.1) is 0 Å². The van der Waals surface area contributed by atoms with Crippen LogP contribution in [-0.4, -0.2) is 36.4 Å². The first-order chi connectivity index (χ1) is 10.7. The van der Waals surface area contributed by atoms with E-state index in [1.54, 1.807) is 0 Å². The van der Waals surface area contributed by atoms with Crippen molar-refractivity contribution >= 4 is 12.0 Å². The van der Waals surface area contributed by atoms with Crippen molar-refractivity contribution in [2.75, 3.05) is 13.2 Å². The van der Waals surface area contributed by atoms with E-state index >= 15 is 0 Å². The zero-order valence-corrected chi connectivity index (χ0v) is 12.5. The van der Waals surface area contributed by atoms with E-state index in [-0.39, 0.29) is 24.6 Å². The molecule has 0 saturated carbocycles. The number of carboxylic acid groups (broad SMARTS) is 1. The minimum Gasteiger partial charge on any atom is -0.481 e. The highest BCUT2D eigenvalue weighted by Gasteiger charge is 2.28. The monoisotopic (exact) mass is 306 g/mol. The molecule has 0 aliphatic carbocycles. The highest BCUT2D eigenvalue weighted by atomic mass is 16.5. The van der Waals surface area contributed by atoms with Crippen molar-refractivity contribution in [3.63, 3.8) is 0 Å². The maximum atomic E-state index is 12.0. The Morgan fingerprint density at radius 2 is 2.09 bits per heavy atom. The van der Waals surface area contributed by atoms with Gasteiger partial charge in [0.2, 0.25) is 0 Å². The standard InChI is InChI=1S/C16H22N2O4/c19-14(20)9-4-10-17-16(21)18-15(13-8-5-11-22-13)12-6-2-1-3-7-12/h1-3,6-7,13,15H,4-5,8-11H2,(H,19,20)(H2,17,18,21). The molecule has 6 nitrogen and oxygen atoms in total. The SMILES string of the molecule is O=C(O)CCCNC(=O)NC(c1ccccc1)C1CCCO1. The van der Waals surface area contributed by atoms with Gasteiger partial charge in [0.1, 0.15) is 0 Å². The van der Waals surface area contributed by atoms with Crippen LogP contribution in [0.4, 0.5) is 4.79 Å². The molecule has 0 spiro atoms. The Morgan fingerprint density at radius 1 is 1.32 bits per heavy atom. The molecule has 3 N–H and O–H groups in total. The zero-order chi connectivity index (χ0) is 15.8. The number of hydrogen-bond donors (Lipinski definition) is 3. The van der Waals surface area contributed by atoms with Crippen molar-refractivity contribution in [3.05, 3.63) is 35.9 Å². The summed E-state index contributed by atoms with van der Waals surface area (Å²) in [7, 11) is 0. The van der Waals surface area contributed by atoms with Gasteiger partial charge in [0, 0.05) is 19.6 Å². The number of carbonyl (C=O) groups is 2. The van der Waals surface area contributed by atoms with E-state index in [1.165, 1.54) is 0 Å². The summed E-state index contributed by atoms with van der Waals surface area (Å²) in [4.78, 5) is 22.4. The first kappa shape index (κ1) is 16.3. The third kappa shape index (κ3) is 5.04. The number of nitrogens with one attached hydrogen (secondary N) is 2. The first-order valence-electron chi connectivity index (χ1n) is 7.59. The van der Waals surface area contributed by atoms with Crippen molar-refractivity contribution in [2.24, 2.45) is 0 Å². The summed E-state index contributed by atoms with van der Waals surface area (Å²) in [5, 5.41) is 14.2. The molecular formula is C16H22N2O4. The summed E-state index contributed by atoms with van der Waals surface area (Å²) < 4.78 is 5.71. The average Bonchev–Trinajstić information content (AvgIpc) is 3.04. The summed E-state index contributed by atoms with van der Waals surface area (Å²) >= 11 is 0. The molecule has 1 aromatic rings. The van der Waals surface area contributed by atoms with Gasteiger partial charge in [-0.05, 0) is 24.8 Å². The van der Waals surface area contributed by atoms with Gasteiger partial charge in [-0.2, -0.15) is 0 Å². The summed E-state index contributed by atoms with van der Waals surface area (Å²) in [5.74, 6) is -0.858. The average molecular weight is 306 g/mol. The molecule has 2 amide bonds. The van der Waals surface area contributed by atoms with E-state index in [9.17, 15) is 9.59 Å². The molecule has 1 fully saturated rings. The Labute approximate surface area is 129 Å². The van der Waals surface area contributed by atoms with Gasteiger partial charge in [0.25, 0.3) is 0 Å². The van der Waals surface area contributed by atoms with Gasteiger partial charge in [-0.1, -0.05) is 30.3 Å². The molecule has 0 bridgehead atoms. The molecule has 2 rings (SSSR count). The minimum absolute atomic E-state index is 0.0211. The van der Waals surface area contributed by atoms with Gasteiger partial charge in [-0.15, -0.1) is 0 Å². The molecule has 1 aromatic carbocycles. The zero-order valence-electron chi connectivity index (χ0n) is 12.5. The smallest absolute Gasteiger partial charge is 0.315 e. The minimum atomic E-state index is -0.858. The van der Waals surface area contributed by atoms with Gasteiger partial charge >= 0.3 is 12.0 Å².